The molecule has 244 valence electrons. The van der Waals surface area contributed by atoms with Gasteiger partial charge in [-0.05, 0) is 0 Å². The van der Waals surface area contributed by atoms with E-state index in [2.05, 4.69) is 9.97 Å². The van der Waals surface area contributed by atoms with E-state index in [1.54, 1.807) is 0 Å². The third-order valence-corrected chi connectivity index (χ3v) is 14.7. The quantitative estimate of drug-likeness (QED) is 0.192. The number of benzene rings is 2. The molecule has 0 saturated heterocycles. The molecule has 2 heterocycles. The first kappa shape index (κ1) is 32.2. The average molecular weight is 823 g/mol. The second-order valence-electron chi connectivity index (χ2n) is 8.85. The van der Waals surface area contributed by atoms with Gasteiger partial charge in [0.15, 0.2) is 0 Å². The van der Waals surface area contributed by atoms with Crippen LogP contribution in [0.2, 0.25) is 0 Å². The van der Waals surface area contributed by atoms with E-state index in [1.807, 2.05) is 0 Å². The Kier molecular flexibility index (Phi) is 5.60. The fourth-order valence-electron chi connectivity index (χ4n) is 3.78. The summed E-state index contributed by atoms with van der Waals surface area (Å²) in [5, 5.41) is 0. The first-order valence-corrected chi connectivity index (χ1v) is 18.5. The molecule has 0 spiro atoms. The molecule has 0 aliphatic heterocycles. The van der Waals surface area contributed by atoms with E-state index in [0.29, 0.717) is 0 Å². The summed E-state index contributed by atoms with van der Waals surface area (Å²) in [5.74, 6) is -10.3. The summed E-state index contributed by atoms with van der Waals surface area (Å²) in [6.45, 7) is 0. The molecule has 0 N–H and O–H groups in total. The van der Waals surface area contributed by atoms with Crippen LogP contribution in [-0.2, 0) is 25.9 Å². The number of hydrogen-bond donors (Lipinski definition) is 0. The molecule has 2 aromatic heterocycles. The van der Waals surface area contributed by atoms with Crippen molar-refractivity contribution >= 4 is 8.15 Å². The van der Waals surface area contributed by atoms with Crippen molar-refractivity contribution in [2.24, 2.45) is 0 Å². The Bertz CT molecular complexity index is 1700. The molecule has 4 rings (SSSR count). The Hall–Kier alpha value is -3.73. The first-order chi connectivity index (χ1) is 18.9. The second kappa shape index (κ2) is 7.49. The predicted octanol–water partition coefficient (Wildman–Crippen LogP) is 8.96. The second-order valence-corrected chi connectivity index (χ2v) is 22.6. The van der Waals surface area contributed by atoms with Crippen molar-refractivity contribution in [1.29, 1.82) is 0 Å². The average Bonchev–Trinajstić information content (AvgIpc) is 2.81. The molecule has 0 aliphatic rings. The van der Waals surface area contributed by atoms with Crippen molar-refractivity contribution in [3.8, 4) is 22.5 Å². The van der Waals surface area contributed by atoms with Gasteiger partial charge >= 0.3 is 225 Å². The van der Waals surface area contributed by atoms with E-state index in [-0.39, 0.29) is 36.7 Å². The summed E-state index contributed by atoms with van der Waals surface area (Å²) < 4.78 is 224. The van der Waals surface area contributed by atoms with Gasteiger partial charge in [0.2, 0.25) is 0 Å². The molecule has 0 amide bonds. The van der Waals surface area contributed by atoms with E-state index in [9.17, 15) is 43.9 Å². The topological polar surface area (TPSA) is 25.8 Å². The number of aromatic nitrogens is 2. The molecular weight excluding hydrogens is 812 g/mol. The molecule has 0 unspecified atom stereocenters. The molecule has 0 fully saturated rings. The standard InChI is InChI=1S/2C12H5F5N.6FH.Ir/c2*13-8-2-3-9(10(14)5-8)11-4-1-7(6-18-11)12(15,16)17;;;;;;;/h2*1-2,4-6H;6*1H;/q;;;;;;;;-1/p-6. The van der Waals surface area contributed by atoms with Crippen LogP contribution in [0.3, 0.4) is 0 Å². The third-order valence-electron chi connectivity index (χ3n) is 5.67. The van der Waals surface area contributed by atoms with Crippen molar-refractivity contribution in [2.45, 2.75) is 12.4 Å². The van der Waals surface area contributed by atoms with Gasteiger partial charge in [0, 0.05) is 0 Å². The Balaban J connectivity index is 2.21. The minimum absolute atomic E-state index is 0.0667. The summed E-state index contributed by atoms with van der Waals surface area (Å²) in [5.41, 5.74) is -12.2. The molecular formula is C24H10F16IrN2-7. The van der Waals surface area contributed by atoms with E-state index >= 15 is 19.5 Å². The Labute approximate surface area is 225 Å². The van der Waals surface area contributed by atoms with Crippen LogP contribution < -0.4 is 8.15 Å². The molecule has 19 heteroatoms. The van der Waals surface area contributed by atoms with E-state index in [0.717, 1.165) is 0 Å². The fourth-order valence-corrected chi connectivity index (χ4v) is 11.6. The van der Waals surface area contributed by atoms with E-state index in [1.165, 1.54) is 0 Å². The van der Waals surface area contributed by atoms with Crippen LogP contribution in [0.1, 0.15) is 11.1 Å². The van der Waals surface area contributed by atoms with Crippen LogP contribution in [0.15, 0.2) is 60.9 Å². The summed E-state index contributed by atoms with van der Waals surface area (Å²) in [7, 11) is 0. The zero-order valence-electron chi connectivity index (χ0n) is 20.0. The Morgan fingerprint density at radius 3 is 1.07 bits per heavy atom. The SMILES string of the molecule is Fc1cc(F)c(-c2ccc(C(F)(F)F)cn2)[c]([Ir-7]([F])([F])([F])([F])([F])([F])[c]2cc(F)cc(F)c2-c2ccc(C(F)(F)F)cn2)c1. The Morgan fingerprint density at radius 2 is 0.814 bits per heavy atom. The van der Waals surface area contributed by atoms with Crippen molar-refractivity contribution in [1.82, 2.24) is 9.97 Å². The van der Waals surface area contributed by atoms with Crippen LogP contribution in [0.4, 0.5) is 63.4 Å². The van der Waals surface area contributed by atoms with Crippen molar-refractivity contribution in [3.63, 3.8) is 0 Å². The maximum absolute atomic E-state index is 16.2. The van der Waals surface area contributed by atoms with Crippen LogP contribution in [0.5, 0.6) is 0 Å². The third kappa shape index (κ3) is 5.43. The molecule has 2 aromatic carbocycles. The van der Waals surface area contributed by atoms with Gasteiger partial charge < -0.3 is 0 Å². The Morgan fingerprint density at radius 1 is 0.488 bits per heavy atom. The summed E-state index contributed by atoms with van der Waals surface area (Å²) in [6, 6.07) is -3.91. The van der Waals surface area contributed by atoms with Gasteiger partial charge in [0.1, 0.15) is 0 Å². The van der Waals surface area contributed by atoms with Crippen molar-refractivity contribution in [3.05, 3.63) is 95.3 Å². The van der Waals surface area contributed by atoms with Gasteiger partial charge in [-0.1, -0.05) is 0 Å². The van der Waals surface area contributed by atoms with Gasteiger partial charge in [0.05, 0.1) is 0 Å². The number of nitrogens with zero attached hydrogens (tertiary/aromatic N) is 2. The van der Waals surface area contributed by atoms with Gasteiger partial charge in [-0.2, -0.15) is 0 Å². The van der Waals surface area contributed by atoms with E-state index in [4.69, 9.17) is 0 Å². The zero-order valence-corrected chi connectivity index (χ0v) is 22.4. The first-order valence-electron chi connectivity index (χ1n) is 10.7. The predicted molar refractivity (Wildman–Crippen MR) is 115 cm³/mol. The fraction of sp³-hybridized carbons (Fsp3) is 0.0833. The number of alkyl halides is 6. The van der Waals surface area contributed by atoms with Gasteiger partial charge in [-0.25, -0.2) is 0 Å². The van der Waals surface area contributed by atoms with E-state index < -0.39 is 115 Å². The van der Waals surface area contributed by atoms with Crippen molar-refractivity contribution < 1.29 is 76.9 Å². The van der Waals surface area contributed by atoms with Crippen LogP contribution in [0, 0.1) is 23.3 Å². The molecule has 0 saturated carbocycles. The van der Waals surface area contributed by atoms with Gasteiger partial charge in [-0.15, -0.1) is 0 Å². The van der Waals surface area contributed by atoms with Crippen LogP contribution >= 0.6 is 0 Å². The molecule has 2 nitrogen and oxygen atoms in total. The molecule has 43 heavy (non-hydrogen) atoms. The molecule has 0 atom stereocenters. The molecule has 0 bridgehead atoms. The monoisotopic (exact) mass is 823 g/mol. The molecule has 0 radical (unpaired) electrons. The number of rotatable bonds is 4. The normalized spacial score (nSPS) is 16.6. The van der Waals surface area contributed by atoms with Crippen molar-refractivity contribution in [2.75, 3.05) is 0 Å². The minimum atomic E-state index is -15.9. The summed E-state index contributed by atoms with van der Waals surface area (Å²) in [6.07, 6.45) is -10.9. The van der Waals surface area contributed by atoms with Crippen LogP contribution in [-0.4, -0.2) is 9.97 Å². The number of pyridine rings is 2. The van der Waals surface area contributed by atoms with Gasteiger partial charge in [-0.3, -0.25) is 0 Å². The maximum atomic E-state index is 16.2. The molecule has 4 aromatic rings. The summed E-state index contributed by atoms with van der Waals surface area (Å²) in [4.78, 5) is 5.65. The summed E-state index contributed by atoms with van der Waals surface area (Å²) >= 11 is -15.9. The number of hydrogen-bond acceptors (Lipinski definition) is 2. The molecule has 0 aliphatic carbocycles. The van der Waals surface area contributed by atoms with Gasteiger partial charge in [0.25, 0.3) is 0 Å². The van der Waals surface area contributed by atoms with Crippen LogP contribution in [0.25, 0.3) is 22.5 Å². The number of halogens is 16. The zero-order chi connectivity index (χ0) is 32.8.